The maximum absolute atomic E-state index is 2.47. The minimum Gasteiger partial charge on any atom is -0.310 e. The summed E-state index contributed by atoms with van der Waals surface area (Å²) in [4.78, 5) is 2.42. The molecule has 1 aliphatic carbocycles. The molecule has 0 bridgehead atoms. The Labute approximate surface area is 310 Å². The molecule has 1 heterocycles. The lowest BCUT2D eigenvalue weighted by Gasteiger charge is -2.28. The van der Waals surface area contributed by atoms with Gasteiger partial charge in [-0.2, -0.15) is 0 Å². The summed E-state index contributed by atoms with van der Waals surface area (Å²) in [5.74, 6) is 0. The second-order valence-electron chi connectivity index (χ2n) is 14.6. The van der Waals surface area contributed by atoms with E-state index in [4.69, 9.17) is 0 Å². The fourth-order valence-electron chi connectivity index (χ4n) is 8.75. The summed E-state index contributed by atoms with van der Waals surface area (Å²) in [5.41, 5.74) is 17.0. The molecule has 2 nitrogen and oxygen atoms in total. The number of anilines is 3. The van der Waals surface area contributed by atoms with Crippen molar-refractivity contribution >= 4 is 38.9 Å². The number of aromatic nitrogens is 1. The van der Waals surface area contributed by atoms with Crippen molar-refractivity contribution in [2.75, 3.05) is 4.90 Å². The molecule has 252 valence electrons. The molecule has 0 saturated heterocycles. The highest BCUT2D eigenvalue weighted by Crippen LogP contribution is 2.53. The van der Waals surface area contributed by atoms with Gasteiger partial charge >= 0.3 is 0 Å². The third-order valence-electron chi connectivity index (χ3n) is 11.2. The third-order valence-corrected chi connectivity index (χ3v) is 11.2. The quantitative estimate of drug-likeness (QED) is 0.170. The molecule has 0 aliphatic heterocycles. The highest BCUT2D eigenvalue weighted by molar-refractivity contribution is 6.15. The lowest BCUT2D eigenvalue weighted by atomic mass is 9.80. The summed E-state index contributed by atoms with van der Waals surface area (Å²) in [7, 11) is 0. The Morgan fingerprint density at radius 2 is 1.02 bits per heavy atom. The number of fused-ring (bicyclic) bond motifs is 7. The summed E-state index contributed by atoms with van der Waals surface area (Å²) in [6.45, 7) is 4.77. The van der Waals surface area contributed by atoms with E-state index in [1.54, 1.807) is 0 Å². The molecule has 0 spiro atoms. The summed E-state index contributed by atoms with van der Waals surface area (Å²) < 4.78 is 2.47. The molecule has 53 heavy (non-hydrogen) atoms. The van der Waals surface area contributed by atoms with Crippen molar-refractivity contribution in [3.63, 3.8) is 0 Å². The topological polar surface area (TPSA) is 8.17 Å². The molecule has 1 aliphatic rings. The molecular formula is C51H38N2. The summed E-state index contributed by atoms with van der Waals surface area (Å²) in [5, 5.41) is 2.60. The molecule has 8 aromatic carbocycles. The van der Waals surface area contributed by atoms with Crippen molar-refractivity contribution in [2.45, 2.75) is 19.3 Å². The molecule has 1 aromatic heterocycles. The average molecular weight is 679 g/mol. The largest absolute Gasteiger partial charge is 0.310 e. The van der Waals surface area contributed by atoms with Gasteiger partial charge in [-0.1, -0.05) is 159 Å². The normalized spacial score (nSPS) is 12.9. The highest BCUT2D eigenvalue weighted by atomic mass is 15.1. The van der Waals surface area contributed by atoms with Gasteiger partial charge in [0.25, 0.3) is 0 Å². The second-order valence-corrected chi connectivity index (χ2v) is 14.6. The Hall–Kier alpha value is -6.64. The zero-order valence-corrected chi connectivity index (χ0v) is 29.9. The van der Waals surface area contributed by atoms with Crippen molar-refractivity contribution in [1.29, 1.82) is 0 Å². The average Bonchev–Trinajstić information content (AvgIpc) is 3.67. The summed E-state index contributed by atoms with van der Waals surface area (Å²) in [6.07, 6.45) is 0. The third kappa shape index (κ3) is 4.94. The van der Waals surface area contributed by atoms with Crippen LogP contribution in [0.1, 0.15) is 25.0 Å². The maximum atomic E-state index is 2.47. The first kappa shape index (κ1) is 31.1. The van der Waals surface area contributed by atoms with Crippen LogP contribution in [0.2, 0.25) is 0 Å². The molecule has 0 unspecified atom stereocenters. The monoisotopic (exact) mass is 678 g/mol. The van der Waals surface area contributed by atoms with Crippen LogP contribution >= 0.6 is 0 Å². The van der Waals surface area contributed by atoms with Crippen LogP contribution in [0.5, 0.6) is 0 Å². The van der Waals surface area contributed by atoms with Gasteiger partial charge in [0, 0.05) is 38.8 Å². The van der Waals surface area contributed by atoms with E-state index in [9.17, 15) is 0 Å². The highest BCUT2D eigenvalue weighted by Gasteiger charge is 2.38. The first-order chi connectivity index (χ1) is 26.1. The fraction of sp³-hybridized carbons (Fsp3) is 0.0588. The standard InChI is InChI=1S/C51H38N2/c1-51(2)45-24-14-12-23-42(45)43-32-33-47-49(50(43)51)44-31-30-40(34-48(44)53(47)38-20-10-5-11-21-38)52(39-28-26-36(27-29-39)35-16-6-3-7-17-35)46-25-15-13-22-41(46)37-18-8-4-9-19-37/h3-34H,1-2H3. The summed E-state index contributed by atoms with van der Waals surface area (Å²) >= 11 is 0. The number of nitrogens with zero attached hydrogens (tertiary/aromatic N) is 2. The van der Waals surface area contributed by atoms with E-state index in [-0.39, 0.29) is 5.41 Å². The van der Waals surface area contributed by atoms with Gasteiger partial charge < -0.3 is 9.47 Å². The van der Waals surface area contributed by atoms with Crippen molar-refractivity contribution in [2.24, 2.45) is 0 Å². The Balaban J connectivity index is 1.24. The van der Waals surface area contributed by atoms with Gasteiger partial charge in [-0.3, -0.25) is 0 Å². The van der Waals surface area contributed by atoms with Gasteiger partial charge in [0.15, 0.2) is 0 Å². The SMILES string of the molecule is CC1(C)c2ccccc2-c2ccc3c(c21)c1ccc(N(c2ccc(-c4ccccc4)cc2)c2ccccc2-c2ccccc2)cc1n3-c1ccccc1. The first-order valence-electron chi connectivity index (χ1n) is 18.4. The van der Waals surface area contributed by atoms with E-state index >= 15 is 0 Å². The van der Waals surface area contributed by atoms with E-state index in [2.05, 4.69) is 217 Å². The molecule has 0 amide bonds. The Kier molecular flexibility index (Phi) is 7.19. The van der Waals surface area contributed by atoms with E-state index in [1.807, 2.05) is 0 Å². The minimum absolute atomic E-state index is 0.138. The van der Waals surface area contributed by atoms with Crippen LogP contribution < -0.4 is 4.90 Å². The number of hydrogen-bond acceptors (Lipinski definition) is 1. The van der Waals surface area contributed by atoms with Crippen LogP contribution in [0, 0.1) is 0 Å². The zero-order chi connectivity index (χ0) is 35.5. The predicted molar refractivity (Wildman–Crippen MR) is 224 cm³/mol. The number of hydrogen-bond donors (Lipinski definition) is 0. The molecular weight excluding hydrogens is 641 g/mol. The molecule has 9 aromatic rings. The van der Waals surface area contributed by atoms with E-state index in [0.29, 0.717) is 0 Å². The first-order valence-corrected chi connectivity index (χ1v) is 18.4. The van der Waals surface area contributed by atoms with Gasteiger partial charge in [0.1, 0.15) is 0 Å². The van der Waals surface area contributed by atoms with Gasteiger partial charge in [0.2, 0.25) is 0 Å². The van der Waals surface area contributed by atoms with Crippen LogP contribution in [0.3, 0.4) is 0 Å². The molecule has 0 saturated carbocycles. The fourth-order valence-corrected chi connectivity index (χ4v) is 8.75. The van der Waals surface area contributed by atoms with Gasteiger partial charge in [-0.25, -0.2) is 0 Å². The van der Waals surface area contributed by atoms with Crippen molar-refractivity contribution in [1.82, 2.24) is 4.57 Å². The smallest absolute Gasteiger partial charge is 0.0562 e. The van der Waals surface area contributed by atoms with E-state index < -0.39 is 0 Å². The zero-order valence-electron chi connectivity index (χ0n) is 29.9. The van der Waals surface area contributed by atoms with Gasteiger partial charge in [-0.05, 0) is 87.5 Å². The predicted octanol–water partition coefficient (Wildman–Crippen LogP) is 13.9. The van der Waals surface area contributed by atoms with Crippen LogP contribution in [0.4, 0.5) is 17.1 Å². The Morgan fingerprint density at radius 3 is 1.75 bits per heavy atom. The lowest BCUT2D eigenvalue weighted by molar-refractivity contribution is 0.666. The van der Waals surface area contributed by atoms with Crippen LogP contribution in [0.25, 0.3) is 60.9 Å². The molecule has 10 rings (SSSR count). The number of rotatable bonds is 6. The van der Waals surface area contributed by atoms with Gasteiger partial charge in [-0.15, -0.1) is 0 Å². The van der Waals surface area contributed by atoms with Crippen molar-refractivity contribution in [3.05, 3.63) is 205 Å². The van der Waals surface area contributed by atoms with Gasteiger partial charge in [0.05, 0.1) is 16.7 Å². The number of para-hydroxylation sites is 2. The molecule has 0 N–H and O–H groups in total. The number of benzene rings is 8. The van der Waals surface area contributed by atoms with Crippen LogP contribution in [-0.2, 0) is 5.41 Å². The molecule has 0 radical (unpaired) electrons. The maximum Gasteiger partial charge on any atom is 0.0562 e. The molecule has 0 atom stereocenters. The van der Waals surface area contributed by atoms with Crippen LogP contribution in [0.15, 0.2) is 194 Å². The van der Waals surface area contributed by atoms with Crippen molar-refractivity contribution < 1.29 is 0 Å². The van der Waals surface area contributed by atoms with E-state index in [0.717, 1.165) is 22.7 Å². The molecule has 2 heteroatoms. The Morgan fingerprint density at radius 1 is 0.434 bits per heavy atom. The second kappa shape index (κ2) is 12.3. The Bertz CT molecular complexity index is 2780. The summed E-state index contributed by atoms with van der Waals surface area (Å²) in [6, 6.07) is 70.6. The lowest BCUT2D eigenvalue weighted by Crippen LogP contribution is -2.15. The van der Waals surface area contributed by atoms with Crippen LogP contribution in [-0.4, -0.2) is 4.57 Å². The molecule has 0 fully saturated rings. The van der Waals surface area contributed by atoms with E-state index in [1.165, 1.54) is 66.3 Å². The van der Waals surface area contributed by atoms with Crippen molar-refractivity contribution in [3.8, 4) is 39.1 Å². The minimum atomic E-state index is -0.138.